The first-order chi connectivity index (χ1) is 6.66. The van der Waals surface area contributed by atoms with Gasteiger partial charge in [0.05, 0.1) is 0 Å². The first-order valence-electron chi connectivity index (χ1n) is 4.88. The van der Waals surface area contributed by atoms with Crippen molar-refractivity contribution in [1.82, 2.24) is 5.32 Å². The van der Waals surface area contributed by atoms with E-state index >= 15 is 0 Å². The molecule has 0 unspecified atom stereocenters. The molecular formula is C11H14ClNO. The van der Waals surface area contributed by atoms with Gasteiger partial charge in [0, 0.05) is 16.6 Å². The molecule has 1 aliphatic heterocycles. The van der Waals surface area contributed by atoms with E-state index in [9.17, 15) is 5.11 Å². The van der Waals surface area contributed by atoms with E-state index in [1.165, 1.54) is 0 Å². The van der Waals surface area contributed by atoms with Gasteiger partial charge in [0.1, 0.15) is 5.75 Å². The summed E-state index contributed by atoms with van der Waals surface area (Å²) in [5.41, 5.74) is 0.918. The number of aromatic hydroxyl groups is 1. The Bertz CT molecular complexity index is 340. The molecule has 0 saturated carbocycles. The molecule has 1 aromatic rings. The van der Waals surface area contributed by atoms with Crippen molar-refractivity contribution < 1.29 is 5.11 Å². The van der Waals surface area contributed by atoms with E-state index in [2.05, 4.69) is 12.2 Å². The predicted octanol–water partition coefficient (Wildman–Crippen LogP) is 2.72. The number of rotatable bonds is 1. The fraction of sp³-hybridized carbons (Fsp3) is 0.455. The molecule has 1 aliphatic rings. The minimum absolute atomic E-state index is 0.253. The largest absolute Gasteiger partial charge is 0.508 e. The highest BCUT2D eigenvalue weighted by Crippen LogP contribution is 2.33. The molecule has 2 rings (SSSR count). The van der Waals surface area contributed by atoms with Crippen LogP contribution in [0.25, 0.3) is 0 Å². The van der Waals surface area contributed by atoms with E-state index in [-0.39, 0.29) is 6.04 Å². The maximum absolute atomic E-state index is 9.68. The summed E-state index contributed by atoms with van der Waals surface area (Å²) < 4.78 is 0. The Morgan fingerprint density at radius 3 is 2.93 bits per heavy atom. The van der Waals surface area contributed by atoms with Crippen LogP contribution >= 0.6 is 11.6 Å². The van der Waals surface area contributed by atoms with E-state index in [4.69, 9.17) is 11.6 Å². The molecule has 14 heavy (non-hydrogen) atoms. The molecule has 1 heterocycles. The van der Waals surface area contributed by atoms with Crippen molar-refractivity contribution in [2.45, 2.75) is 19.4 Å². The summed E-state index contributed by atoms with van der Waals surface area (Å²) in [5.74, 6) is 0.999. The van der Waals surface area contributed by atoms with Gasteiger partial charge in [0.15, 0.2) is 0 Å². The van der Waals surface area contributed by atoms with Crippen molar-refractivity contribution >= 4 is 11.6 Å². The van der Waals surface area contributed by atoms with E-state index < -0.39 is 0 Å². The second-order valence-corrected chi connectivity index (χ2v) is 4.44. The molecule has 0 bridgehead atoms. The van der Waals surface area contributed by atoms with E-state index in [1.807, 2.05) is 6.07 Å². The number of halogens is 1. The Labute approximate surface area is 88.9 Å². The number of nitrogens with one attached hydrogen (secondary N) is 1. The van der Waals surface area contributed by atoms with Crippen LogP contribution in [0.1, 0.15) is 24.9 Å². The van der Waals surface area contributed by atoms with Crippen molar-refractivity contribution in [2.75, 3.05) is 6.54 Å². The third-order valence-electron chi connectivity index (χ3n) is 2.72. The number of phenolic OH excluding ortho intramolecular Hbond substituents is 1. The number of benzene rings is 1. The van der Waals surface area contributed by atoms with E-state index in [0.29, 0.717) is 16.7 Å². The summed E-state index contributed by atoms with van der Waals surface area (Å²) in [6, 6.07) is 5.46. The van der Waals surface area contributed by atoms with Crippen LogP contribution in [0.2, 0.25) is 5.02 Å². The monoisotopic (exact) mass is 211 g/mol. The third kappa shape index (κ3) is 1.86. The summed E-state index contributed by atoms with van der Waals surface area (Å²) >= 11 is 5.89. The first kappa shape index (κ1) is 9.81. The fourth-order valence-corrected chi connectivity index (χ4v) is 2.13. The molecule has 0 aromatic heterocycles. The van der Waals surface area contributed by atoms with Crippen LogP contribution in [-0.4, -0.2) is 11.7 Å². The van der Waals surface area contributed by atoms with Crippen LogP contribution in [0.4, 0.5) is 0 Å². The highest BCUT2D eigenvalue weighted by molar-refractivity contribution is 6.30. The summed E-state index contributed by atoms with van der Waals surface area (Å²) in [7, 11) is 0. The lowest BCUT2D eigenvalue weighted by molar-refractivity contribution is 0.456. The second-order valence-electron chi connectivity index (χ2n) is 4.00. The Kier molecular flexibility index (Phi) is 2.66. The summed E-state index contributed by atoms with van der Waals surface area (Å²) in [5, 5.41) is 13.7. The molecule has 76 valence electrons. The SMILES string of the molecule is C[C@@H]1CN[C@@H](c2cc(Cl)ccc2O)C1. The van der Waals surface area contributed by atoms with Gasteiger partial charge in [-0.25, -0.2) is 0 Å². The zero-order valence-corrected chi connectivity index (χ0v) is 8.88. The van der Waals surface area contributed by atoms with Gasteiger partial charge >= 0.3 is 0 Å². The lowest BCUT2D eigenvalue weighted by Gasteiger charge is -2.12. The maximum atomic E-state index is 9.68. The van der Waals surface area contributed by atoms with Crippen LogP contribution in [0.15, 0.2) is 18.2 Å². The minimum Gasteiger partial charge on any atom is -0.508 e. The standard InChI is InChI=1S/C11H14ClNO/c1-7-4-10(13-6-7)9-5-8(12)2-3-11(9)14/h2-3,5,7,10,13-14H,4,6H2,1H3/t7-,10+/m0/s1. The van der Waals surface area contributed by atoms with Gasteiger partial charge in [-0.15, -0.1) is 0 Å². The molecular weight excluding hydrogens is 198 g/mol. The zero-order chi connectivity index (χ0) is 10.1. The fourth-order valence-electron chi connectivity index (χ4n) is 1.95. The van der Waals surface area contributed by atoms with Crippen molar-refractivity contribution in [2.24, 2.45) is 5.92 Å². The van der Waals surface area contributed by atoms with E-state index in [0.717, 1.165) is 18.5 Å². The van der Waals surface area contributed by atoms with Gasteiger partial charge in [-0.1, -0.05) is 18.5 Å². The maximum Gasteiger partial charge on any atom is 0.120 e. The Morgan fingerprint density at radius 2 is 2.29 bits per heavy atom. The lowest BCUT2D eigenvalue weighted by Crippen LogP contribution is -2.13. The van der Waals surface area contributed by atoms with Crippen molar-refractivity contribution in [3.8, 4) is 5.75 Å². The number of hydrogen-bond donors (Lipinski definition) is 2. The lowest BCUT2D eigenvalue weighted by atomic mass is 10.0. The molecule has 2 N–H and O–H groups in total. The molecule has 2 atom stereocenters. The van der Waals surface area contributed by atoms with Gasteiger partial charge in [-0.05, 0) is 37.1 Å². The number of phenols is 1. The first-order valence-corrected chi connectivity index (χ1v) is 5.26. The molecule has 0 spiro atoms. The summed E-state index contributed by atoms with van der Waals surface area (Å²) in [4.78, 5) is 0. The molecule has 1 fully saturated rings. The molecule has 2 nitrogen and oxygen atoms in total. The Hall–Kier alpha value is -0.730. The molecule has 0 amide bonds. The third-order valence-corrected chi connectivity index (χ3v) is 2.95. The molecule has 1 saturated heterocycles. The van der Waals surface area contributed by atoms with Crippen LogP contribution in [-0.2, 0) is 0 Å². The van der Waals surface area contributed by atoms with Crippen LogP contribution in [0.5, 0.6) is 5.75 Å². The Morgan fingerprint density at radius 1 is 1.50 bits per heavy atom. The average molecular weight is 212 g/mol. The predicted molar refractivity (Wildman–Crippen MR) is 57.6 cm³/mol. The van der Waals surface area contributed by atoms with Crippen molar-refractivity contribution in [3.63, 3.8) is 0 Å². The second kappa shape index (κ2) is 3.79. The Balaban J connectivity index is 2.27. The van der Waals surface area contributed by atoms with Crippen LogP contribution < -0.4 is 5.32 Å². The van der Waals surface area contributed by atoms with Crippen molar-refractivity contribution in [3.05, 3.63) is 28.8 Å². The van der Waals surface area contributed by atoms with Gasteiger partial charge < -0.3 is 10.4 Å². The van der Waals surface area contributed by atoms with Gasteiger partial charge in [0.25, 0.3) is 0 Å². The molecule has 0 radical (unpaired) electrons. The van der Waals surface area contributed by atoms with Crippen molar-refractivity contribution in [1.29, 1.82) is 0 Å². The molecule has 1 aromatic carbocycles. The zero-order valence-electron chi connectivity index (χ0n) is 8.13. The van der Waals surface area contributed by atoms with Crippen LogP contribution in [0.3, 0.4) is 0 Å². The normalized spacial score (nSPS) is 26.7. The quantitative estimate of drug-likeness (QED) is 0.749. The minimum atomic E-state index is 0.253. The molecule has 0 aliphatic carbocycles. The topological polar surface area (TPSA) is 32.3 Å². The summed E-state index contributed by atoms with van der Waals surface area (Å²) in [6.07, 6.45) is 1.06. The van der Waals surface area contributed by atoms with Gasteiger partial charge in [0.2, 0.25) is 0 Å². The van der Waals surface area contributed by atoms with Gasteiger partial charge in [-0.3, -0.25) is 0 Å². The van der Waals surface area contributed by atoms with E-state index in [1.54, 1.807) is 12.1 Å². The molecule has 3 heteroatoms. The summed E-state index contributed by atoms with van der Waals surface area (Å²) in [6.45, 7) is 3.21. The average Bonchev–Trinajstić information content (AvgIpc) is 2.56. The van der Waals surface area contributed by atoms with Gasteiger partial charge in [-0.2, -0.15) is 0 Å². The highest BCUT2D eigenvalue weighted by atomic mass is 35.5. The van der Waals surface area contributed by atoms with Crippen LogP contribution in [0, 0.1) is 5.92 Å². The smallest absolute Gasteiger partial charge is 0.120 e. The highest BCUT2D eigenvalue weighted by Gasteiger charge is 2.24. The number of hydrogen-bond acceptors (Lipinski definition) is 2.